The molecule has 0 heterocycles. The number of hydrogen-bond acceptors (Lipinski definition) is 3. The van der Waals surface area contributed by atoms with Crippen molar-refractivity contribution in [3.8, 4) is 17.2 Å². The minimum atomic E-state index is -4.60. The molecule has 0 atom stereocenters. The third kappa shape index (κ3) is 6.93. The maximum absolute atomic E-state index is 12.7. The lowest BCUT2D eigenvalue weighted by molar-refractivity contribution is -0.138. The molecule has 0 aliphatic rings. The van der Waals surface area contributed by atoms with Crippen LogP contribution in [0, 0.1) is 0 Å². The SMILES string of the molecule is FC(F)(F)c1ccc(OP(Oc2ccc(C(F)(F)F)cc2)Oc2ccc(C(F)(F)F)cc2)cc1. The van der Waals surface area contributed by atoms with Gasteiger partial charge in [-0.2, -0.15) is 39.5 Å². The Kier molecular flexibility index (Phi) is 7.21. The van der Waals surface area contributed by atoms with Crippen LogP contribution in [0.25, 0.3) is 0 Å². The van der Waals surface area contributed by atoms with Crippen molar-refractivity contribution < 1.29 is 53.1 Å². The van der Waals surface area contributed by atoms with Crippen molar-refractivity contribution in [2.45, 2.75) is 18.5 Å². The van der Waals surface area contributed by atoms with E-state index in [9.17, 15) is 39.5 Å². The van der Waals surface area contributed by atoms with Crippen LogP contribution in [0.15, 0.2) is 72.8 Å². The van der Waals surface area contributed by atoms with E-state index < -0.39 is 43.8 Å². The lowest BCUT2D eigenvalue weighted by Crippen LogP contribution is -2.07. The van der Waals surface area contributed by atoms with E-state index in [0.29, 0.717) is 0 Å². The van der Waals surface area contributed by atoms with E-state index in [0.717, 1.165) is 72.8 Å². The smallest absolute Gasteiger partial charge is 0.409 e. The minimum Gasteiger partial charge on any atom is -0.409 e. The van der Waals surface area contributed by atoms with Crippen molar-refractivity contribution in [3.05, 3.63) is 89.5 Å². The fourth-order valence-corrected chi connectivity index (χ4v) is 3.42. The second-order valence-electron chi connectivity index (χ2n) is 6.56. The largest absolute Gasteiger partial charge is 0.530 e. The Morgan fingerprint density at radius 2 is 0.588 bits per heavy atom. The molecule has 0 radical (unpaired) electrons. The normalized spacial score (nSPS) is 12.5. The maximum Gasteiger partial charge on any atom is 0.530 e. The van der Waals surface area contributed by atoms with Gasteiger partial charge in [0.25, 0.3) is 0 Å². The fourth-order valence-electron chi connectivity index (χ4n) is 2.43. The summed E-state index contributed by atoms with van der Waals surface area (Å²) in [5.41, 5.74) is -2.88. The lowest BCUT2D eigenvalue weighted by Gasteiger charge is -2.19. The average molecular weight is 514 g/mol. The highest BCUT2D eigenvalue weighted by molar-refractivity contribution is 7.43. The monoisotopic (exact) mass is 514 g/mol. The molecule has 3 nitrogen and oxygen atoms in total. The molecule has 0 bridgehead atoms. The molecule has 0 N–H and O–H groups in total. The van der Waals surface area contributed by atoms with Gasteiger partial charge in [-0.25, -0.2) is 0 Å². The van der Waals surface area contributed by atoms with Gasteiger partial charge in [0.15, 0.2) is 0 Å². The summed E-state index contributed by atoms with van der Waals surface area (Å²) in [5, 5.41) is 0. The highest BCUT2D eigenvalue weighted by Crippen LogP contribution is 2.44. The molecule has 0 aromatic heterocycles. The molecule has 0 saturated carbocycles. The maximum atomic E-state index is 12.7. The molecule has 182 valence electrons. The summed E-state index contributed by atoms with van der Waals surface area (Å²) in [6, 6.07) is 10.1. The van der Waals surface area contributed by atoms with Crippen LogP contribution < -0.4 is 13.6 Å². The van der Waals surface area contributed by atoms with Gasteiger partial charge in [-0.05, 0) is 72.8 Å². The van der Waals surface area contributed by atoms with E-state index in [1.807, 2.05) is 0 Å². The lowest BCUT2D eigenvalue weighted by atomic mass is 10.2. The minimum absolute atomic E-state index is 0.141. The number of benzene rings is 3. The van der Waals surface area contributed by atoms with Gasteiger partial charge in [0.05, 0.1) is 16.7 Å². The summed E-state index contributed by atoms with van der Waals surface area (Å²) in [5.74, 6) is -0.422. The van der Waals surface area contributed by atoms with Gasteiger partial charge >= 0.3 is 27.1 Å². The fraction of sp³-hybridized carbons (Fsp3) is 0.143. The Bertz CT molecular complexity index is 934. The van der Waals surface area contributed by atoms with Gasteiger partial charge in [0.2, 0.25) is 0 Å². The molecular weight excluding hydrogens is 502 g/mol. The van der Waals surface area contributed by atoms with Gasteiger partial charge in [-0.1, -0.05) is 0 Å². The highest BCUT2D eigenvalue weighted by Gasteiger charge is 2.32. The Labute approximate surface area is 187 Å². The van der Waals surface area contributed by atoms with Crippen molar-refractivity contribution in [2.24, 2.45) is 0 Å². The second kappa shape index (κ2) is 9.61. The first-order valence-electron chi connectivity index (χ1n) is 9.08. The quantitative estimate of drug-likeness (QED) is 0.244. The summed E-state index contributed by atoms with van der Waals surface area (Å²) in [4.78, 5) is 0. The molecule has 0 amide bonds. The van der Waals surface area contributed by atoms with Crippen LogP contribution in [0.1, 0.15) is 16.7 Å². The topological polar surface area (TPSA) is 27.7 Å². The predicted octanol–water partition coefficient (Wildman–Crippen LogP) is 8.51. The van der Waals surface area contributed by atoms with E-state index in [1.165, 1.54) is 0 Å². The van der Waals surface area contributed by atoms with Crippen LogP contribution in [0.2, 0.25) is 0 Å². The standard InChI is InChI=1S/C21H12F9O3P/c22-19(23,24)13-1-7-16(8-2-13)31-34(32-17-9-3-14(4-10-17)20(25,26)27)33-18-11-5-15(6-12-18)21(28,29)30/h1-12H. The van der Waals surface area contributed by atoms with E-state index in [1.54, 1.807) is 0 Å². The van der Waals surface area contributed by atoms with Gasteiger partial charge in [-0.3, -0.25) is 0 Å². The predicted molar refractivity (Wildman–Crippen MR) is 103 cm³/mol. The van der Waals surface area contributed by atoms with Crippen molar-refractivity contribution in [2.75, 3.05) is 0 Å². The van der Waals surface area contributed by atoms with E-state index in [4.69, 9.17) is 13.6 Å². The Balaban J connectivity index is 1.82. The van der Waals surface area contributed by atoms with Crippen LogP contribution >= 0.6 is 8.60 Å². The first-order valence-corrected chi connectivity index (χ1v) is 10.2. The summed E-state index contributed by atoms with van der Waals surface area (Å²) in [7, 11) is -2.55. The first kappa shape index (κ1) is 25.5. The van der Waals surface area contributed by atoms with Gasteiger partial charge < -0.3 is 13.6 Å². The third-order valence-electron chi connectivity index (χ3n) is 4.08. The van der Waals surface area contributed by atoms with Crippen molar-refractivity contribution in [3.63, 3.8) is 0 Å². The summed E-state index contributed by atoms with van der Waals surface area (Å²) in [6.45, 7) is 0. The summed E-state index contributed by atoms with van der Waals surface area (Å²) < 4.78 is 131. The first-order chi connectivity index (χ1) is 15.7. The second-order valence-corrected chi connectivity index (χ2v) is 7.56. The average Bonchev–Trinajstić information content (AvgIpc) is 2.73. The summed E-state index contributed by atoms with van der Waals surface area (Å²) >= 11 is 0. The van der Waals surface area contributed by atoms with Crippen molar-refractivity contribution in [1.82, 2.24) is 0 Å². The number of alkyl halides is 9. The molecular formula is C21H12F9O3P. The highest BCUT2D eigenvalue weighted by atomic mass is 31.2. The molecule has 34 heavy (non-hydrogen) atoms. The van der Waals surface area contributed by atoms with Gasteiger partial charge in [0, 0.05) is 0 Å². The van der Waals surface area contributed by atoms with Crippen LogP contribution in [0.5, 0.6) is 17.2 Å². The van der Waals surface area contributed by atoms with Gasteiger partial charge in [-0.15, -0.1) is 0 Å². The number of hydrogen-bond donors (Lipinski definition) is 0. The third-order valence-corrected chi connectivity index (χ3v) is 5.16. The molecule has 0 spiro atoms. The molecule has 0 unspecified atom stereocenters. The van der Waals surface area contributed by atoms with Crippen LogP contribution in [-0.2, 0) is 18.5 Å². The molecule has 0 aliphatic carbocycles. The Morgan fingerprint density at radius 3 is 0.765 bits per heavy atom. The zero-order valence-corrected chi connectivity index (χ0v) is 17.4. The molecule has 0 saturated heterocycles. The number of rotatable bonds is 6. The summed E-state index contributed by atoms with van der Waals surface area (Å²) in [6.07, 6.45) is -13.8. The molecule has 3 aromatic carbocycles. The molecule has 3 rings (SSSR count). The van der Waals surface area contributed by atoms with Crippen LogP contribution in [-0.4, -0.2) is 0 Å². The van der Waals surface area contributed by atoms with Crippen LogP contribution in [0.3, 0.4) is 0 Å². The Hall–Kier alpha value is -3.14. The molecule has 0 aliphatic heterocycles. The van der Waals surface area contributed by atoms with Crippen molar-refractivity contribution in [1.29, 1.82) is 0 Å². The van der Waals surface area contributed by atoms with Crippen molar-refractivity contribution >= 4 is 8.60 Å². The molecule has 13 heteroatoms. The van der Waals surface area contributed by atoms with E-state index in [2.05, 4.69) is 0 Å². The zero-order valence-electron chi connectivity index (χ0n) is 16.5. The van der Waals surface area contributed by atoms with Crippen LogP contribution in [0.4, 0.5) is 39.5 Å². The van der Waals surface area contributed by atoms with E-state index in [-0.39, 0.29) is 17.2 Å². The molecule has 0 fully saturated rings. The number of halogens is 9. The zero-order chi connectivity index (χ0) is 25.1. The molecule has 3 aromatic rings. The van der Waals surface area contributed by atoms with E-state index >= 15 is 0 Å². The Morgan fingerprint density at radius 1 is 0.382 bits per heavy atom. The van der Waals surface area contributed by atoms with Gasteiger partial charge in [0.1, 0.15) is 17.2 Å².